The second kappa shape index (κ2) is 6.40. The molecule has 7 heteroatoms. The van der Waals surface area contributed by atoms with Gasteiger partial charge < -0.3 is 5.11 Å². The van der Waals surface area contributed by atoms with Crippen LogP contribution in [0, 0.1) is 11.6 Å². The van der Waals surface area contributed by atoms with Gasteiger partial charge in [-0.15, -0.1) is 0 Å². The van der Waals surface area contributed by atoms with Gasteiger partial charge in [-0.3, -0.25) is 0 Å². The minimum Gasteiger partial charge on any atom is -0.392 e. The average molecular weight is 293 g/mol. The lowest BCUT2D eigenvalue weighted by Crippen LogP contribution is -2.32. The third-order valence-corrected chi connectivity index (χ3v) is 4.65. The fourth-order valence-electron chi connectivity index (χ4n) is 1.73. The standard InChI is InChI=1S/C12H17F2NO3S/c1-3-5-15(4-2)19(17,18)11-7-9(8-16)6-10(13)12(11)14/h6-7,16H,3-5,8H2,1-2H3. The van der Waals surface area contributed by atoms with E-state index in [4.69, 9.17) is 5.11 Å². The molecule has 108 valence electrons. The lowest BCUT2D eigenvalue weighted by molar-refractivity contribution is 0.280. The molecule has 0 aromatic heterocycles. The van der Waals surface area contributed by atoms with Crippen LogP contribution in [0.25, 0.3) is 0 Å². The predicted molar refractivity (Wildman–Crippen MR) is 67.0 cm³/mol. The molecule has 4 nitrogen and oxygen atoms in total. The van der Waals surface area contributed by atoms with E-state index in [1.165, 1.54) is 0 Å². The zero-order chi connectivity index (χ0) is 14.6. The highest BCUT2D eigenvalue weighted by Gasteiger charge is 2.28. The van der Waals surface area contributed by atoms with Gasteiger partial charge in [-0.1, -0.05) is 13.8 Å². The van der Waals surface area contributed by atoms with E-state index >= 15 is 0 Å². The van der Waals surface area contributed by atoms with Crippen LogP contribution in [0.3, 0.4) is 0 Å². The Balaban J connectivity index is 3.38. The molecular weight excluding hydrogens is 276 g/mol. The van der Waals surface area contributed by atoms with Crippen molar-refractivity contribution in [1.29, 1.82) is 0 Å². The number of sulfonamides is 1. The molecule has 0 amide bonds. The summed E-state index contributed by atoms with van der Waals surface area (Å²) >= 11 is 0. The second-order valence-corrected chi connectivity index (χ2v) is 5.95. The van der Waals surface area contributed by atoms with Crippen molar-refractivity contribution >= 4 is 10.0 Å². The molecule has 0 fully saturated rings. The third-order valence-electron chi connectivity index (χ3n) is 2.68. The zero-order valence-electron chi connectivity index (χ0n) is 10.9. The summed E-state index contributed by atoms with van der Waals surface area (Å²) in [6.07, 6.45) is 0.566. The van der Waals surface area contributed by atoms with Crippen molar-refractivity contribution in [2.24, 2.45) is 0 Å². The Morgan fingerprint density at radius 2 is 1.89 bits per heavy atom. The monoisotopic (exact) mass is 293 g/mol. The molecule has 0 atom stereocenters. The Kier molecular flexibility index (Phi) is 5.39. The van der Waals surface area contributed by atoms with Gasteiger partial charge in [0.15, 0.2) is 11.6 Å². The fourth-order valence-corrected chi connectivity index (χ4v) is 3.40. The van der Waals surface area contributed by atoms with Gasteiger partial charge in [-0.2, -0.15) is 4.31 Å². The highest BCUT2D eigenvalue weighted by atomic mass is 32.2. The summed E-state index contributed by atoms with van der Waals surface area (Å²) in [7, 11) is -4.09. The number of hydrogen-bond donors (Lipinski definition) is 1. The number of nitrogens with zero attached hydrogens (tertiary/aromatic N) is 1. The van der Waals surface area contributed by atoms with E-state index in [1.54, 1.807) is 13.8 Å². The zero-order valence-corrected chi connectivity index (χ0v) is 11.7. The number of rotatable bonds is 6. The van der Waals surface area contributed by atoms with Crippen LogP contribution in [-0.2, 0) is 16.6 Å². The van der Waals surface area contributed by atoms with Gasteiger partial charge >= 0.3 is 0 Å². The van der Waals surface area contributed by atoms with Gasteiger partial charge in [-0.05, 0) is 24.1 Å². The summed E-state index contributed by atoms with van der Waals surface area (Å²) in [5, 5.41) is 8.94. The highest BCUT2D eigenvalue weighted by molar-refractivity contribution is 7.89. The quantitative estimate of drug-likeness (QED) is 0.871. The summed E-state index contributed by atoms with van der Waals surface area (Å²) in [5.41, 5.74) is 0.0185. The van der Waals surface area contributed by atoms with Gasteiger partial charge in [0.1, 0.15) is 4.90 Å². The Morgan fingerprint density at radius 1 is 1.26 bits per heavy atom. The Hall–Kier alpha value is -1.05. The SMILES string of the molecule is CCCN(CC)S(=O)(=O)c1cc(CO)cc(F)c1F. The van der Waals surface area contributed by atoms with Gasteiger partial charge in [0.05, 0.1) is 6.61 Å². The summed E-state index contributed by atoms with van der Waals surface area (Å²) in [6.45, 7) is 3.25. The number of aliphatic hydroxyl groups excluding tert-OH is 1. The van der Waals surface area contributed by atoms with Crippen molar-refractivity contribution in [2.75, 3.05) is 13.1 Å². The Bertz CT molecular complexity index is 546. The van der Waals surface area contributed by atoms with Crippen LogP contribution in [-0.4, -0.2) is 30.9 Å². The van der Waals surface area contributed by atoms with Crippen molar-refractivity contribution in [1.82, 2.24) is 4.31 Å². The maximum atomic E-state index is 13.7. The smallest absolute Gasteiger partial charge is 0.246 e. The molecule has 0 bridgehead atoms. The van der Waals surface area contributed by atoms with Crippen LogP contribution in [0.5, 0.6) is 0 Å². The molecule has 0 aliphatic heterocycles. The molecule has 0 radical (unpaired) electrons. The molecule has 1 aromatic rings. The van der Waals surface area contributed by atoms with Gasteiger partial charge in [-0.25, -0.2) is 17.2 Å². The van der Waals surface area contributed by atoms with Gasteiger partial charge in [0, 0.05) is 13.1 Å². The topological polar surface area (TPSA) is 57.6 Å². The number of aliphatic hydroxyl groups is 1. The summed E-state index contributed by atoms with van der Waals surface area (Å²) < 4.78 is 52.6. The first kappa shape index (κ1) is 16.0. The highest BCUT2D eigenvalue weighted by Crippen LogP contribution is 2.23. The molecule has 1 N–H and O–H groups in total. The van der Waals surface area contributed by atoms with Crippen molar-refractivity contribution in [3.63, 3.8) is 0 Å². The summed E-state index contributed by atoms with van der Waals surface area (Å²) in [5.74, 6) is -2.69. The van der Waals surface area contributed by atoms with Gasteiger partial charge in [0.25, 0.3) is 0 Å². The van der Waals surface area contributed by atoms with Crippen LogP contribution in [0.4, 0.5) is 8.78 Å². The number of halogens is 2. The minimum atomic E-state index is -4.09. The van der Waals surface area contributed by atoms with Crippen LogP contribution >= 0.6 is 0 Å². The molecule has 1 aromatic carbocycles. The van der Waals surface area contributed by atoms with Crippen LogP contribution in [0.1, 0.15) is 25.8 Å². The van der Waals surface area contributed by atoms with Crippen LogP contribution < -0.4 is 0 Å². The second-order valence-electron chi connectivity index (χ2n) is 4.04. The van der Waals surface area contributed by atoms with E-state index in [2.05, 4.69) is 0 Å². The maximum absolute atomic E-state index is 13.7. The predicted octanol–water partition coefficient (Wildman–Crippen LogP) is 1.88. The summed E-state index contributed by atoms with van der Waals surface area (Å²) in [4.78, 5) is -0.730. The van der Waals surface area contributed by atoms with E-state index < -0.39 is 33.2 Å². The van der Waals surface area contributed by atoms with E-state index in [9.17, 15) is 17.2 Å². The largest absolute Gasteiger partial charge is 0.392 e. The van der Waals surface area contributed by atoms with E-state index in [-0.39, 0.29) is 18.7 Å². The Labute approximate surface area is 111 Å². The molecular formula is C12H17F2NO3S. The average Bonchev–Trinajstić information content (AvgIpc) is 2.38. The first-order valence-electron chi connectivity index (χ1n) is 5.97. The fraction of sp³-hybridized carbons (Fsp3) is 0.500. The molecule has 0 aliphatic rings. The summed E-state index contributed by atoms with van der Waals surface area (Å²) in [6, 6.07) is 1.75. The number of hydrogen-bond acceptors (Lipinski definition) is 3. The minimum absolute atomic E-state index is 0.0185. The molecule has 1 rings (SSSR count). The van der Waals surface area contributed by atoms with Crippen molar-refractivity contribution in [3.8, 4) is 0 Å². The lowest BCUT2D eigenvalue weighted by atomic mass is 10.2. The molecule has 0 saturated carbocycles. The van der Waals surface area contributed by atoms with Crippen molar-refractivity contribution < 1.29 is 22.3 Å². The molecule has 0 unspecified atom stereocenters. The first-order chi connectivity index (χ1) is 8.88. The molecule has 0 spiro atoms. The first-order valence-corrected chi connectivity index (χ1v) is 7.41. The van der Waals surface area contributed by atoms with Gasteiger partial charge in [0.2, 0.25) is 10.0 Å². The molecule has 19 heavy (non-hydrogen) atoms. The molecule has 0 saturated heterocycles. The van der Waals surface area contributed by atoms with E-state index in [0.717, 1.165) is 16.4 Å². The van der Waals surface area contributed by atoms with E-state index in [1.807, 2.05) is 0 Å². The van der Waals surface area contributed by atoms with Crippen LogP contribution in [0.15, 0.2) is 17.0 Å². The molecule has 0 heterocycles. The Morgan fingerprint density at radius 3 is 2.37 bits per heavy atom. The molecule has 0 aliphatic carbocycles. The maximum Gasteiger partial charge on any atom is 0.246 e. The number of benzene rings is 1. The third kappa shape index (κ3) is 3.29. The lowest BCUT2D eigenvalue weighted by Gasteiger charge is -2.20. The van der Waals surface area contributed by atoms with Crippen molar-refractivity contribution in [2.45, 2.75) is 31.8 Å². The van der Waals surface area contributed by atoms with E-state index in [0.29, 0.717) is 6.42 Å². The van der Waals surface area contributed by atoms with Crippen LogP contribution in [0.2, 0.25) is 0 Å². The van der Waals surface area contributed by atoms with Crippen molar-refractivity contribution in [3.05, 3.63) is 29.3 Å². The normalized spacial score (nSPS) is 12.1.